The summed E-state index contributed by atoms with van der Waals surface area (Å²) in [6, 6.07) is 15.6. The lowest BCUT2D eigenvalue weighted by Crippen LogP contribution is -2.32. The molecule has 3 nitrogen and oxygen atoms in total. The average Bonchev–Trinajstić information content (AvgIpc) is 2.88. The number of hydrogen-bond acceptors (Lipinski definition) is 2. The number of nitrogens with two attached hydrogens (primary N) is 1. The zero-order valence-electron chi connectivity index (χ0n) is 15.1. The highest BCUT2D eigenvalue weighted by Gasteiger charge is 2.12. The molecule has 128 valence electrons. The minimum Gasteiger partial charge on any atom is -0.341 e. The van der Waals surface area contributed by atoms with Gasteiger partial charge in [0.1, 0.15) is 0 Å². The van der Waals surface area contributed by atoms with E-state index in [2.05, 4.69) is 72.7 Å². The average molecular weight is 323 g/mol. The molecule has 0 amide bonds. The molecule has 1 heterocycles. The quantitative estimate of drug-likeness (QED) is 0.706. The third-order valence-corrected chi connectivity index (χ3v) is 4.63. The fourth-order valence-electron chi connectivity index (χ4n) is 3.73. The topological polar surface area (TPSA) is 34.2 Å². The van der Waals surface area contributed by atoms with E-state index in [0.29, 0.717) is 12.5 Å². The molecule has 0 bridgehead atoms. The van der Waals surface area contributed by atoms with E-state index in [0.717, 1.165) is 26.2 Å². The molecule has 0 aliphatic rings. The van der Waals surface area contributed by atoms with Gasteiger partial charge in [0, 0.05) is 54.5 Å². The first kappa shape index (κ1) is 17.0. The molecule has 0 atom stereocenters. The van der Waals surface area contributed by atoms with Crippen LogP contribution in [-0.4, -0.2) is 29.1 Å². The zero-order valence-corrected chi connectivity index (χ0v) is 15.1. The van der Waals surface area contributed by atoms with Crippen LogP contribution in [-0.2, 0) is 13.1 Å². The molecule has 1 aromatic heterocycles. The maximum atomic E-state index is 5.80. The first-order valence-corrected chi connectivity index (χ1v) is 9.06. The highest BCUT2D eigenvalue weighted by Crippen LogP contribution is 2.30. The molecule has 0 aliphatic heterocycles. The minimum atomic E-state index is 0.655. The summed E-state index contributed by atoms with van der Waals surface area (Å²) in [5.74, 6) is 0.655. The second-order valence-electron chi connectivity index (χ2n) is 7.03. The molecule has 24 heavy (non-hydrogen) atoms. The Balaban J connectivity index is 2.00. The molecule has 3 heteroatoms. The van der Waals surface area contributed by atoms with E-state index in [-0.39, 0.29) is 0 Å². The number of rotatable bonds is 7. The van der Waals surface area contributed by atoms with Crippen LogP contribution in [0.5, 0.6) is 0 Å². The van der Waals surface area contributed by atoms with Crippen molar-refractivity contribution in [2.24, 2.45) is 11.7 Å². The Morgan fingerprint density at radius 1 is 1.04 bits per heavy atom. The predicted octanol–water partition coefficient (Wildman–Crippen LogP) is 4.23. The van der Waals surface area contributed by atoms with Gasteiger partial charge in [-0.3, -0.25) is 4.90 Å². The second-order valence-corrected chi connectivity index (χ2v) is 7.03. The molecule has 0 spiro atoms. The van der Waals surface area contributed by atoms with Crippen LogP contribution in [0.25, 0.3) is 21.8 Å². The number of aryl methyl sites for hydroxylation is 1. The lowest BCUT2D eigenvalue weighted by molar-refractivity contribution is 0.242. The van der Waals surface area contributed by atoms with E-state index in [1.807, 2.05) is 0 Å². The van der Waals surface area contributed by atoms with Crippen LogP contribution in [0.15, 0.2) is 42.5 Å². The molecule has 3 rings (SSSR count). The molecule has 0 saturated carbocycles. The summed E-state index contributed by atoms with van der Waals surface area (Å²) < 4.78 is 2.40. The SMILES string of the molecule is CCn1c2ccccc2c2cc(CN(CCN)CC(C)C)ccc21. The summed E-state index contributed by atoms with van der Waals surface area (Å²) in [5.41, 5.74) is 9.83. The van der Waals surface area contributed by atoms with Crippen LogP contribution >= 0.6 is 0 Å². The molecule has 0 aliphatic carbocycles. The fraction of sp³-hybridized carbons (Fsp3) is 0.429. The number of para-hydroxylation sites is 1. The van der Waals surface area contributed by atoms with Gasteiger partial charge in [0.25, 0.3) is 0 Å². The molecule has 0 unspecified atom stereocenters. The first-order valence-electron chi connectivity index (χ1n) is 9.06. The van der Waals surface area contributed by atoms with Gasteiger partial charge in [-0.15, -0.1) is 0 Å². The van der Waals surface area contributed by atoms with Crippen LogP contribution in [0.1, 0.15) is 26.3 Å². The molecule has 0 fully saturated rings. The summed E-state index contributed by atoms with van der Waals surface area (Å²) in [6.07, 6.45) is 0. The van der Waals surface area contributed by atoms with Gasteiger partial charge in [0.05, 0.1) is 0 Å². The number of fused-ring (bicyclic) bond motifs is 3. The van der Waals surface area contributed by atoms with E-state index in [1.165, 1.54) is 27.4 Å². The minimum absolute atomic E-state index is 0.655. The van der Waals surface area contributed by atoms with Crippen LogP contribution in [0.2, 0.25) is 0 Å². The lowest BCUT2D eigenvalue weighted by atomic mass is 10.1. The second kappa shape index (κ2) is 7.37. The predicted molar refractivity (Wildman–Crippen MR) is 104 cm³/mol. The van der Waals surface area contributed by atoms with Crippen molar-refractivity contribution in [1.29, 1.82) is 0 Å². The van der Waals surface area contributed by atoms with Crippen molar-refractivity contribution >= 4 is 21.8 Å². The van der Waals surface area contributed by atoms with Crippen molar-refractivity contribution in [3.63, 3.8) is 0 Å². The van der Waals surface area contributed by atoms with Crippen molar-refractivity contribution in [2.45, 2.75) is 33.9 Å². The highest BCUT2D eigenvalue weighted by atomic mass is 15.1. The van der Waals surface area contributed by atoms with Gasteiger partial charge in [-0.25, -0.2) is 0 Å². The van der Waals surface area contributed by atoms with Gasteiger partial charge in [0.15, 0.2) is 0 Å². The van der Waals surface area contributed by atoms with Gasteiger partial charge in [0.2, 0.25) is 0 Å². The van der Waals surface area contributed by atoms with E-state index >= 15 is 0 Å². The van der Waals surface area contributed by atoms with Gasteiger partial charge >= 0.3 is 0 Å². The van der Waals surface area contributed by atoms with Crippen molar-refractivity contribution in [2.75, 3.05) is 19.6 Å². The lowest BCUT2D eigenvalue weighted by Gasteiger charge is -2.23. The molecule has 0 saturated heterocycles. The van der Waals surface area contributed by atoms with E-state index in [4.69, 9.17) is 5.73 Å². The molecule has 2 aromatic carbocycles. The summed E-state index contributed by atoms with van der Waals surface area (Å²) in [6.45, 7) is 11.5. The van der Waals surface area contributed by atoms with Crippen molar-refractivity contribution in [1.82, 2.24) is 9.47 Å². The third kappa shape index (κ3) is 3.33. The Bertz CT molecular complexity index is 816. The van der Waals surface area contributed by atoms with Gasteiger partial charge in [-0.2, -0.15) is 0 Å². The summed E-state index contributed by atoms with van der Waals surface area (Å²) in [4.78, 5) is 2.46. The smallest absolute Gasteiger partial charge is 0.0491 e. The van der Waals surface area contributed by atoms with E-state index < -0.39 is 0 Å². The number of benzene rings is 2. The summed E-state index contributed by atoms with van der Waals surface area (Å²) >= 11 is 0. The Morgan fingerprint density at radius 3 is 2.50 bits per heavy atom. The van der Waals surface area contributed by atoms with Crippen molar-refractivity contribution in [3.05, 3.63) is 48.0 Å². The monoisotopic (exact) mass is 323 g/mol. The van der Waals surface area contributed by atoms with Crippen LogP contribution < -0.4 is 5.73 Å². The number of aromatic nitrogens is 1. The molecular formula is C21H29N3. The van der Waals surface area contributed by atoms with Gasteiger partial charge in [-0.05, 0) is 36.6 Å². The first-order chi connectivity index (χ1) is 11.6. The van der Waals surface area contributed by atoms with Crippen LogP contribution in [0.3, 0.4) is 0 Å². The van der Waals surface area contributed by atoms with E-state index in [1.54, 1.807) is 0 Å². The van der Waals surface area contributed by atoms with Crippen molar-refractivity contribution in [3.8, 4) is 0 Å². The van der Waals surface area contributed by atoms with Crippen LogP contribution in [0, 0.1) is 5.92 Å². The number of hydrogen-bond donors (Lipinski definition) is 1. The molecule has 2 N–H and O–H groups in total. The Kier molecular flexibility index (Phi) is 5.22. The third-order valence-electron chi connectivity index (χ3n) is 4.63. The Hall–Kier alpha value is -1.84. The standard InChI is InChI=1S/C21H29N3/c1-4-24-20-8-6-5-7-18(20)19-13-17(9-10-21(19)24)15-23(12-11-22)14-16(2)3/h5-10,13,16H,4,11-12,14-15,22H2,1-3H3. The van der Waals surface area contributed by atoms with Gasteiger partial charge < -0.3 is 10.3 Å². The number of nitrogens with zero attached hydrogens (tertiary/aromatic N) is 2. The Labute approximate surface area is 145 Å². The van der Waals surface area contributed by atoms with Crippen LogP contribution in [0.4, 0.5) is 0 Å². The fourth-order valence-corrected chi connectivity index (χ4v) is 3.73. The zero-order chi connectivity index (χ0) is 17.1. The summed E-state index contributed by atoms with van der Waals surface area (Å²) in [7, 11) is 0. The highest BCUT2D eigenvalue weighted by molar-refractivity contribution is 6.08. The van der Waals surface area contributed by atoms with Gasteiger partial charge in [-0.1, -0.05) is 38.1 Å². The maximum Gasteiger partial charge on any atom is 0.0491 e. The normalized spacial score (nSPS) is 12.1. The largest absolute Gasteiger partial charge is 0.341 e. The Morgan fingerprint density at radius 2 is 1.79 bits per heavy atom. The summed E-state index contributed by atoms with van der Waals surface area (Å²) in [5, 5.41) is 2.72. The van der Waals surface area contributed by atoms with E-state index in [9.17, 15) is 0 Å². The van der Waals surface area contributed by atoms with Crippen molar-refractivity contribution < 1.29 is 0 Å². The molecular weight excluding hydrogens is 294 g/mol. The molecule has 3 aromatic rings. The molecule has 0 radical (unpaired) electrons. The maximum absolute atomic E-state index is 5.80.